The topological polar surface area (TPSA) is 0 Å². The smallest absolute Gasteiger partial charge is 0.00191 e. The molecule has 0 saturated heterocycles. The van der Waals surface area contributed by atoms with Gasteiger partial charge < -0.3 is 0 Å². The number of allylic oxidation sites excluding steroid dienone is 6. The summed E-state index contributed by atoms with van der Waals surface area (Å²) < 4.78 is 0. The van der Waals surface area contributed by atoms with E-state index in [2.05, 4.69) is 36.3 Å². The van der Waals surface area contributed by atoms with E-state index in [0.717, 1.165) is 37.7 Å². The third kappa shape index (κ3) is 4.72. The SMILES string of the molecule is C#CC1=CCCC=CCCC=CCC1. The van der Waals surface area contributed by atoms with E-state index in [-0.39, 0.29) is 0 Å². The highest BCUT2D eigenvalue weighted by molar-refractivity contribution is 5.25. The van der Waals surface area contributed by atoms with E-state index in [1.165, 1.54) is 6.42 Å². The first-order valence-corrected chi connectivity index (χ1v) is 5.39. The summed E-state index contributed by atoms with van der Waals surface area (Å²) in [5, 5.41) is 0. The van der Waals surface area contributed by atoms with Gasteiger partial charge >= 0.3 is 0 Å². The van der Waals surface area contributed by atoms with Crippen molar-refractivity contribution >= 4 is 0 Å². The highest BCUT2D eigenvalue weighted by Gasteiger charge is 1.91. The van der Waals surface area contributed by atoms with Crippen molar-refractivity contribution in [2.75, 3.05) is 0 Å². The maximum Gasteiger partial charge on any atom is -0.00191 e. The van der Waals surface area contributed by atoms with Gasteiger partial charge in [-0.05, 0) is 44.1 Å². The number of rotatable bonds is 0. The third-order valence-corrected chi connectivity index (χ3v) is 2.32. The minimum Gasteiger partial charge on any atom is -0.115 e. The van der Waals surface area contributed by atoms with Crippen LogP contribution in [0.2, 0.25) is 0 Å². The van der Waals surface area contributed by atoms with Gasteiger partial charge in [-0.2, -0.15) is 0 Å². The first-order valence-electron chi connectivity index (χ1n) is 5.39. The van der Waals surface area contributed by atoms with Gasteiger partial charge in [0.15, 0.2) is 0 Å². The van der Waals surface area contributed by atoms with Crippen molar-refractivity contribution in [1.82, 2.24) is 0 Å². The van der Waals surface area contributed by atoms with Crippen LogP contribution in [0.5, 0.6) is 0 Å². The fraction of sp³-hybridized carbons (Fsp3) is 0.429. The van der Waals surface area contributed by atoms with Gasteiger partial charge in [0.05, 0.1) is 0 Å². The van der Waals surface area contributed by atoms with Gasteiger partial charge in [0, 0.05) is 0 Å². The highest BCUT2D eigenvalue weighted by atomic mass is 14.0. The van der Waals surface area contributed by atoms with Gasteiger partial charge in [0.1, 0.15) is 0 Å². The Balaban J connectivity index is 2.52. The molecule has 0 nitrogen and oxygen atoms in total. The maximum atomic E-state index is 5.42. The molecule has 14 heavy (non-hydrogen) atoms. The molecule has 0 fully saturated rings. The monoisotopic (exact) mass is 186 g/mol. The summed E-state index contributed by atoms with van der Waals surface area (Å²) in [4.78, 5) is 0. The minimum atomic E-state index is 1.02. The largest absolute Gasteiger partial charge is 0.115 e. The zero-order valence-corrected chi connectivity index (χ0v) is 8.71. The molecule has 0 saturated carbocycles. The predicted molar refractivity (Wildman–Crippen MR) is 62.9 cm³/mol. The Labute approximate surface area is 87.4 Å². The quantitative estimate of drug-likeness (QED) is 0.396. The number of terminal acetylenes is 1. The van der Waals surface area contributed by atoms with Crippen LogP contribution in [0, 0.1) is 12.3 Å². The average Bonchev–Trinajstić information content (AvgIpc) is 2.19. The first kappa shape index (κ1) is 10.9. The van der Waals surface area contributed by atoms with Gasteiger partial charge in [-0.15, -0.1) is 6.42 Å². The van der Waals surface area contributed by atoms with E-state index in [4.69, 9.17) is 6.42 Å². The number of hydrogen-bond donors (Lipinski definition) is 0. The van der Waals surface area contributed by atoms with E-state index in [1.54, 1.807) is 0 Å². The summed E-state index contributed by atoms with van der Waals surface area (Å²) in [6.45, 7) is 0. The molecule has 0 aromatic carbocycles. The number of hydrogen-bond acceptors (Lipinski definition) is 0. The van der Waals surface area contributed by atoms with Crippen LogP contribution in [-0.2, 0) is 0 Å². The predicted octanol–water partition coefficient (Wildman–Crippen LogP) is 4.01. The average molecular weight is 186 g/mol. The second kappa shape index (κ2) is 7.21. The van der Waals surface area contributed by atoms with Crippen LogP contribution in [0.1, 0.15) is 38.5 Å². The molecule has 0 amide bonds. The first-order chi connectivity index (χ1) is 6.93. The van der Waals surface area contributed by atoms with Crippen LogP contribution >= 0.6 is 0 Å². The summed E-state index contributed by atoms with van der Waals surface area (Å²) in [7, 11) is 0. The molecule has 1 rings (SSSR count). The molecule has 0 aromatic rings. The fourth-order valence-corrected chi connectivity index (χ4v) is 1.49. The summed E-state index contributed by atoms with van der Waals surface area (Å²) in [5.41, 5.74) is 1.16. The summed E-state index contributed by atoms with van der Waals surface area (Å²) >= 11 is 0. The van der Waals surface area contributed by atoms with Gasteiger partial charge in [-0.25, -0.2) is 0 Å². The molecule has 0 heterocycles. The molecule has 0 atom stereocenters. The Bertz CT molecular complexity index is 271. The summed E-state index contributed by atoms with van der Waals surface area (Å²) in [6.07, 6.45) is 23.3. The summed E-state index contributed by atoms with van der Waals surface area (Å²) in [5.74, 6) is 2.76. The Morgan fingerprint density at radius 3 is 2.07 bits per heavy atom. The molecular formula is C14H18. The van der Waals surface area contributed by atoms with Crippen LogP contribution in [-0.4, -0.2) is 0 Å². The molecule has 0 N–H and O–H groups in total. The molecule has 74 valence electrons. The van der Waals surface area contributed by atoms with Crippen molar-refractivity contribution in [2.45, 2.75) is 38.5 Å². The van der Waals surface area contributed by atoms with Crippen LogP contribution in [0.25, 0.3) is 0 Å². The van der Waals surface area contributed by atoms with Crippen molar-refractivity contribution in [1.29, 1.82) is 0 Å². The minimum absolute atomic E-state index is 1.02. The molecule has 0 heteroatoms. The molecule has 1 aliphatic carbocycles. The molecule has 0 aliphatic heterocycles. The van der Waals surface area contributed by atoms with Crippen molar-refractivity contribution in [3.8, 4) is 12.3 Å². The van der Waals surface area contributed by atoms with E-state index >= 15 is 0 Å². The second-order valence-corrected chi connectivity index (χ2v) is 3.51. The molecule has 1 aliphatic rings. The Morgan fingerprint density at radius 2 is 1.43 bits per heavy atom. The van der Waals surface area contributed by atoms with E-state index in [1.807, 2.05) is 0 Å². The lowest BCUT2D eigenvalue weighted by Crippen LogP contribution is -1.80. The van der Waals surface area contributed by atoms with E-state index in [0.29, 0.717) is 0 Å². The molecule has 0 aromatic heterocycles. The molecule has 0 unspecified atom stereocenters. The van der Waals surface area contributed by atoms with Gasteiger partial charge in [-0.1, -0.05) is 36.3 Å². The van der Waals surface area contributed by atoms with E-state index < -0.39 is 0 Å². The molecular weight excluding hydrogens is 168 g/mol. The van der Waals surface area contributed by atoms with Crippen LogP contribution < -0.4 is 0 Å². The lowest BCUT2D eigenvalue weighted by Gasteiger charge is -1.98. The maximum absolute atomic E-state index is 5.42. The lowest BCUT2D eigenvalue weighted by atomic mass is 10.1. The fourth-order valence-electron chi connectivity index (χ4n) is 1.49. The van der Waals surface area contributed by atoms with Crippen molar-refractivity contribution in [2.24, 2.45) is 0 Å². The van der Waals surface area contributed by atoms with Gasteiger partial charge in [-0.3, -0.25) is 0 Å². The molecule has 0 spiro atoms. The Hall–Kier alpha value is -1.22. The summed E-state index contributed by atoms with van der Waals surface area (Å²) in [6, 6.07) is 0. The van der Waals surface area contributed by atoms with Gasteiger partial charge in [0.25, 0.3) is 0 Å². The zero-order chi connectivity index (χ0) is 10.1. The third-order valence-electron chi connectivity index (χ3n) is 2.32. The normalized spacial score (nSPS) is 18.9. The zero-order valence-electron chi connectivity index (χ0n) is 8.71. The van der Waals surface area contributed by atoms with E-state index in [9.17, 15) is 0 Å². The highest BCUT2D eigenvalue weighted by Crippen LogP contribution is 2.09. The standard InChI is InChI=1S/C14H18/c1-2-14-12-10-8-6-4-3-5-7-9-11-13-14/h1,4,6-7,9,12H,3,5,8,10-11,13H2. The van der Waals surface area contributed by atoms with Crippen LogP contribution in [0.4, 0.5) is 0 Å². The Kier molecular flexibility index (Phi) is 5.59. The second-order valence-electron chi connectivity index (χ2n) is 3.51. The Morgan fingerprint density at radius 1 is 0.857 bits per heavy atom. The lowest BCUT2D eigenvalue weighted by molar-refractivity contribution is 0.944. The van der Waals surface area contributed by atoms with Crippen LogP contribution in [0.15, 0.2) is 36.0 Å². The van der Waals surface area contributed by atoms with Gasteiger partial charge in [0.2, 0.25) is 0 Å². The van der Waals surface area contributed by atoms with Crippen LogP contribution in [0.3, 0.4) is 0 Å². The van der Waals surface area contributed by atoms with Crippen molar-refractivity contribution in [3.05, 3.63) is 36.0 Å². The molecule has 0 radical (unpaired) electrons. The van der Waals surface area contributed by atoms with Crippen molar-refractivity contribution < 1.29 is 0 Å². The van der Waals surface area contributed by atoms with Crippen molar-refractivity contribution in [3.63, 3.8) is 0 Å². The molecule has 0 bridgehead atoms.